The van der Waals surface area contributed by atoms with Gasteiger partial charge in [-0.25, -0.2) is 0 Å². The highest BCUT2D eigenvalue weighted by molar-refractivity contribution is 5.45. The van der Waals surface area contributed by atoms with Gasteiger partial charge in [0.25, 0.3) is 0 Å². The van der Waals surface area contributed by atoms with Gasteiger partial charge >= 0.3 is 0 Å². The Hall–Kier alpha value is -1.26. The smallest absolute Gasteiger partial charge is 0.231 e. The van der Waals surface area contributed by atoms with Gasteiger partial charge in [0.1, 0.15) is 0 Å². The van der Waals surface area contributed by atoms with Gasteiger partial charge in [0, 0.05) is 5.92 Å². The van der Waals surface area contributed by atoms with Crippen molar-refractivity contribution in [2.24, 2.45) is 11.8 Å². The molecule has 2 aliphatic heterocycles. The number of fused-ring (bicyclic) bond motifs is 1. The van der Waals surface area contributed by atoms with Crippen molar-refractivity contribution in [3.8, 4) is 11.5 Å². The second-order valence-corrected chi connectivity index (χ2v) is 6.88. The van der Waals surface area contributed by atoms with Crippen molar-refractivity contribution >= 4 is 0 Å². The first-order valence-electron chi connectivity index (χ1n) is 8.80. The molecule has 1 fully saturated rings. The lowest BCUT2D eigenvalue weighted by Gasteiger charge is -2.25. The van der Waals surface area contributed by atoms with Gasteiger partial charge in [0.15, 0.2) is 17.8 Å². The highest BCUT2D eigenvalue weighted by atomic mass is 16.7. The Morgan fingerprint density at radius 3 is 2.52 bits per heavy atom. The molecule has 0 radical (unpaired) electrons. The summed E-state index contributed by atoms with van der Waals surface area (Å²) in [5.41, 5.74) is 1.35. The van der Waals surface area contributed by atoms with Crippen molar-refractivity contribution in [3.63, 3.8) is 0 Å². The fraction of sp³-hybridized carbons (Fsp3) is 0.684. The standard InChI is InChI=1S/C19H28O4/c1-4-15(16-5-6-17-18(11-16)23-12-22-17)10-13(2)9-14(3)19-20-7-8-21-19/h5-6,11,13-15,19H,4,7-10,12H2,1-3H3. The highest BCUT2D eigenvalue weighted by Crippen LogP contribution is 2.38. The topological polar surface area (TPSA) is 36.9 Å². The van der Waals surface area contributed by atoms with E-state index in [0.29, 0.717) is 24.5 Å². The fourth-order valence-electron chi connectivity index (χ4n) is 3.74. The predicted molar refractivity (Wildman–Crippen MR) is 88.9 cm³/mol. The molecule has 0 aliphatic carbocycles. The van der Waals surface area contributed by atoms with E-state index < -0.39 is 0 Å². The van der Waals surface area contributed by atoms with Crippen molar-refractivity contribution in [1.29, 1.82) is 0 Å². The number of hydrogen-bond acceptors (Lipinski definition) is 4. The quantitative estimate of drug-likeness (QED) is 0.749. The van der Waals surface area contributed by atoms with Crippen LogP contribution < -0.4 is 9.47 Å². The van der Waals surface area contributed by atoms with Crippen molar-refractivity contribution in [3.05, 3.63) is 23.8 Å². The largest absolute Gasteiger partial charge is 0.454 e. The maximum absolute atomic E-state index is 5.63. The summed E-state index contributed by atoms with van der Waals surface area (Å²) in [6.07, 6.45) is 3.43. The van der Waals surface area contributed by atoms with E-state index in [-0.39, 0.29) is 6.29 Å². The lowest BCUT2D eigenvalue weighted by Crippen LogP contribution is -2.21. The molecule has 0 N–H and O–H groups in total. The summed E-state index contributed by atoms with van der Waals surface area (Å²) >= 11 is 0. The number of benzene rings is 1. The third-order valence-electron chi connectivity index (χ3n) is 4.93. The Balaban J connectivity index is 1.57. The van der Waals surface area contributed by atoms with E-state index in [0.717, 1.165) is 37.6 Å². The average molecular weight is 320 g/mol. The average Bonchev–Trinajstić information content (AvgIpc) is 3.22. The number of rotatable bonds is 7. The molecule has 23 heavy (non-hydrogen) atoms. The SMILES string of the molecule is CCC(CC(C)CC(C)C1OCCO1)c1ccc2c(c1)OCO2. The van der Waals surface area contributed by atoms with Crippen LogP contribution in [0.1, 0.15) is 51.5 Å². The van der Waals surface area contributed by atoms with E-state index in [9.17, 15) is 0 Å². The molecule has 4 nitrogen and oxygen atoms in total. The summed E-state index contributed by atoms with van der Waals surface area (Å²) in [4.78, 5) is 0. The third kappa shape index (κ3) is 3.99. The molecular formula is C19H28O4. The molecule has 0 saturated carbocycles. The van der Waals surface area contributed by atoms with Crippen LogP contribution in [0.25, 0.3) is 0 Å². The van der Waals surface area contributed by atoms with E-state index in [1.165, 1.54) is 12.0 Å². The van der Waals surface area contributed by atoms with Gasteiger partial charge in [-0.15, -0.1) is 0 Å². The van der Waals surface area contributed by atoms with E-state index >= 15 is 0 Å². The Morgan fingerprint density at radius 1 is 1.04 bits per heavy atom. The van der Waals surface area contributed by atoms with E-state index in [4.69, 9.17) is 18.9 Å². The van der Waals surface area contributed by atoms with Crippen LogP contribution in [0.2, 0.25) is 0 Å². The normalized spacial score (nSPS) is 21.3. The monoisotopic (exact) mass is 320 g/mol. The Bertz CT molecular complexity index is 510. The molecule has 3 atom stereocenters. The second kappa shape index (κ2) is 7.54. The lowest BCUT2D eigenvalue weighted by atomic mass is 9.84. The molecule has 3 unspecified atom stereocenters. The van der Waals surface area contributed by atoms with Crippen LogP contribution in [0.3, 0.4) is 0 Å². The van der Waals surface area contributed by atoms with Crippen molar-refractivity contribution in [1.82, 2.24) is 0 Å². The highest BCUT2D eigenvalue weighted by Gasteiger charge is 2.26. The summed E-state index contributed by atoms with van der Waals surface area (Å²) in [5.74, 6) is 3.38. The van der Waals surface area contributed by atoms with Crippen molar-refractivity contribution in [2.75, 3.05) is 20.0 Å². The van der Waals surface area contributed by atoms with E-state index in [1.807, 2.05) is 6.07 Å². The molecule has 0 bridgehead atoms. The first-order valence-corrected chi connectivity index (χ1v) is 8.80. The lowest BCUT2D eigenvalue weighted by molar-refractivity contribution is -0.0835. The molecule has 3 rings (SSSR count). The Kier molecular flexibility index (Phi) is 5.44. The first kappa shape index (κ1) is 16.6. The minimum absolute atomic E-state index is 0.0110. The van der Waals surface area contributed by atoms with Crippen molar-refractivity contribution < 1.29 is 18.9 Å². The molecule has 0 aromatic heterocycles. The summed E-state index contributed by atoms with van der Waals surface area (Å²) in [5, 5.41) is 0. The Morgan fingerprint density at radius 2 is 1.78 bits per heavy atom. The minimum Gasteiger partial charge on any atom is -0.454 e. The molecular weight excluding hydrogens is 292 g/mol. The van der Waals surface area contributed by atoms with Gasteiger partial charge in [0.2, 0.25) is 6.79 Å². The molecule has 1 aromatic rings. The molecule has 2 aliphatic rings. The molecule has 1 aromatic carbocycles. The molecule has 128 valence electrons. The van der Waals surface area contributed by atoms with Gasteiger partial charge in [-0.05, 0) is 48.8 Å². The van der Waals surface area contributed by atoms with Crippen LogP contribution in [-0.2, 0) is 9.47 Å². The second-order valence-electron chi connectivity index (χ2n) is 6.88. The zero-order chi connectivity index (χ0) is 16.2. The summed E-state index contributed by atoms with van der Waals surface area (Å²) in [6.45, 7) is 8.63. The third-order valence-corrected chi connectivity index (χ3v) is 4.93. The first-order chi connectivity index (χ1) is 11.2. The van der Waals surface area contributed by atoms with Gasteiger partial charge < -0.3 is 18.9 Å². The molecule has 0 amide bonds. The predicted octanol–water partition coefficient (Wildman–Crippen LogP) is 4.33. The summed E-state index contributed by atoms with van der Waals surface area (Å²) < 4.78 is 22.2. The maximum Gasteiger partial charge on any atom is 0.231 e. The van der Waals surface area contributed by atoms with Crippen LogP contribution in [0.15, 0.2) is 18.2 Å². The van der Waals surface area contributed by atoms with Crippen LogP contribution in [0, 0.1) is 11.8 Å². The summed E-state index contributed by atoms with van der Waals surface area (Å²) in [7, 11) is 0. The van der Waals surface area contributed by atoms with Gasteiger partial charge in [-0.3, -0.25) is 0 Å². The van der Waals surface area contributed by atoms with E-state index in [2.05, 4.69) is 32.9 Å². The Labute approximate surface area is 139 Å². The molecule has 1 saturated heterocycles. The van der Waals surface area contributed by atoms with E-state index in [1.54, 1.807) is 0 Å². The zero-order valence-electron chi connectivity index (χ0n) is 14.4. The number of hydrogen-bond donors (Lipinski definition) is 0. The minimum atomic E-state index is -0.0110. The maximum atomic E-state index is 5.63. The molecule has 2 heterocycles. The van der Waals surface area contributed by atoms with Crippen LogP contribution >= 0.6 is 0 Å². The fourth-order valence-corrected chi connectivity index (χ4v) is 3.74. The van der Waals surface area contributed by atoms with Crippen LogP contribution in [0.5, 0.6) is 11.5 Å². The van der Waals surface area contributed by atoms with Crippen molar-refractivity contribution in [2.45, 2.75) is 52.2 Å². The van der Waals surface area contributed by atoms with Gasteiger partial charge in [-0.1, -0.05) is 26.8 Å². The van der Waals surface area contributed by atoms with Crippen LogP contribution in [-0.4, -0.2) is 26.3 Å². The van der Waals surface area contributed by atoms with Gasteiger partial charge in [-0.2, -0.15) is 0 Å². The summed E-state index contributed by atoms with van der Waals surface area (Å²) in [6, 6.07) is 6.37. The molecule has 4 heteroatoms. The number of ether oxygens (including phenoxy) is 4. The van der Waals surface area contributed by atoms with Crippen LogP contribution in [0.4, 0.5) is 0 Å². The zero-order valence-corrected chi connectivity index (χ0v) is 14.4. The van der Waals surface area contributed by atoms with Gasteiger partial charge in [0.05, 0.1) is 13.2 Å². The molecule has 0 spiro atoms.